The zero-order chi connectivity index (χ0) is 19.1. The molecule has 0 unspecified atom stereocenters. The minimum atomic E-state index is -0.604. The maximum absolute atomic E-state index is 11.5. The van der Waals surface area contributed by atoms with Crippen LogP contribution in [-0.2, 0) is 17.8 Å². The molecule has 0 aliphatic carbocycles. The number of benzene rings is 2. The van der Waals surface area contributed by atoms with E-state index in [9.17, 15) is 4.79 Å². The van der Waals surface area contributed by atoms with Crippen molar-refractivity contribution in [2.24, 2.45) is 5.11 Å². The van der Waals surface area contributed by atoms with Crippen LogP contribution in [0.4, 0.5) is 0 Å². The van der Waals surface area contributed by atoms with Gasteiger partial charge in [-0.1, -0.05) is 61.5 Å². The average Bonchev–Trinajstić information content (AvgIpc) is 3.09. The molecule has 0 saturated heterocycles. The second-order valence-electron chi connectivity index (χ2n) is 6.07. The molecule has 0 aliphatic rings. The van der Waals surface area contributed by atoms with E-state index in [0.717, 1.165) is 12.1 Å². The maximum atomic E-state index is 11.5. The highest BCUT2D eigenvalue weighted by Crippen LogP contribution is 2.25. The zero-order valence-corrected chi connectivity index (χ0v) is 15.1. The molecule has 0 N–H and O–H groups in total. The Morgan fingerprint density at radius 3 is 2.56 bits per heavy atom. The summed E-state index contributed by atoms with van der Waals surface area (Å²) < 4.78 is 2.18. The average molecular weight is 356 g/mol. The van der Waals surface area contributed by atoms with Gasteiger partial charge in [-0.3, -0.25) is 4.79 Å². The van der Waals surface area contributed by atoms with Crippen molar-refractivity contribution < 1.29 is 4.79 Å². The van der Waals surface area contributed by atoms with Crippen LogP contribution in [0, 0.1) is 0 Å². The molecule has 1 amide bonds. The Labute approximate surface area is 158 Å². The molecule has 0 aliphatic heterocycles. The number of amides is 1. The summed E-state index contributed by atoms with van der Waals surface area (Å²) in [7, 11) is 0. The second-order valence-corrected chi connectivity index (χ2v) is 6.07. The van der Waals surface area contributed by atoms with Crippen molar-refractivity contribution in [1.29, 1.82) is 0 Å². The van der Waals surface area contributed by atoms with Gasteiger partial charge in [0.15, 0.2) is 0 Å². The van der Waals surface area contributed by atoms with E-state index in [1.165, 1.54) is 28.5 Å². The Morgan fingerprint density at radius 1 is 1.07 bits per heavy atom. The number of aromatic nitrogens is 1. The highest BCUT2D eigenvalue weighted by atomic mass is 16.1. The third-order valence-corrected chi connectivity index (χ3v) is 4.44. The van der Waals surface area contributed by atoms with E-state index in [1.54, 1.807) is 6.08 Å². The molecule has 3 aromatic rings. The van der Waals surface area contributed by atoms with Crippen LogP contribution >= 0.6 is 0 Å². The SMILES string of the molecule is CCc1ccc(/C=C/C(=O)N=[N+]=[N-])n1Cc1ccccc1-c1ccccc1. The van der Waals surface area contributed by atoms with Crippen molar-refractivity contribution in [3.8, 4) is 11.1 Å². The van der Waals surface area contributed by atoms with Crippen LogP contribution in [0.15, 0.2) is 77.9 Å². The van der Waals surface area contributed by atoms with Crippen molar-refractivity contribution in [1.82, 2.24) is 4.57 Å². The number of azide groups is 1. The normalized spacial score (nSPS) is 10.7. The number of rotatable bonds is 6. The first-order valence-corrected chi connectivity index (χ1v) is 8.81. The van der Waals surface area contributed by atoms with Gasteiger partial charge in [0.2, 0.25) is 5.91 Å². The Balaban J connectivity index is 1.98. The number of nitrogens with zero attached hydrogens (tertiary/aromatic N) is 4. The van der Waals surface area contributed by atoms with Gasteiger partial charge in [-0.2, -0.15) is 0 Å². The van der Waals surface area contributed by atoms with E-state index >= 15 is 0 Å². The summed E-state index contributed by atoms with van der Waals surface area (Å²) in [5, 5.41) is 3.08. The van der Waals surface area contributed by atoms with E-state index < -0.39 is 5.91 Å². The van der Waals surface area contributed by atoms with Crippen LogP contribution in [-0.4, -0.2) is 10.5 Å². The number of aryl methyl sites for hydroxylation is 1. The smallest absolute Gasteiger partial charge is 0.242 e. The number of hydrogen-bond donors (Lipinski definition) is 0. The molecule has 5 heteroatoms. The summed E-state index contributed by atoms with van der Waals surface area (Å²) in [6, 6.07) is 22.7. The van der Waals surface area contributed by atoms with Crippen LogP contribution in [0.2, 0.25) is 0 Å². The zero-order valence-electron chi connectivity index (χ0n) is 15.1. The van der Waals surface area contributed by atoms with Crippen LogP contribution in [0.25, 0.3) is 27.6 Å². The first kappa shape index (κ1) is 18.2. The lowest BCUT2D eigenvalue weighted by molar-refractivity contribution is -0.113. The molecular formula is C22H20N4O. The highest BCUT2D eigenvalue weighted by Gasteiger charge is 2.10. The maximum Gasteiger partial charge on any atom is 0.242 e. The number of hydrogen-bond acceptors (Lipinski definition) is 1. The Bertz CT molecular complexity index is 1010. The van der Waals surface area contributed by atoms with E-state index in [0.29, 0.717) is 6.54 Å². The molecule has 0 saturated carbocycles. The van der Waals surface area contributed by atoms with Crippen LogP contribution in [0.1, 0.15) is 23.9 Å². The number of carbonyl (C=O) groups is 1. The van der Waals surface area contributed by atoms with Gasteiger partial charge in [0.1, 0.15) is 0 Å². The van der Waals surface area contributed by atoms with Gasteiger partial charge in [-0.25, -0.2) is 0 Å². The monoisotopic (exact) mass is 356 g/mol. The Kier molecular flexibility index (Phi) is 5.87. The quantitative estimate of drug-likeness (QED) is 0.245. The predicted molar refractivity (Wildman–Crippen MR) is 108 cm³/mol. The first-order valence-electron chi connectivity index (χ1n) is 8.81. The summed E-state index contributed by atoms with van der Waals surface area (Å²) in [6.07, 6.45) is 3.88. The van der Waals surface area contributed by atoms with Crippen LogP contribution in [0.5, 0.6) is 0 Å². The summed E-state index contributed by atoms with van der Waals surface area (Å²) in [5.41, 5.74) is 14.0. The van der Waals surface area contributed by atoms with Crippen molar-refractivity contribution in [2.75, 3.05) is 0 Å². The van der Waals surface area contributed by atoms with Gasteiger partial charge < -0.3 is 4.57 Å². The Hall–Kier alpha value is -3.56. The van der Waals surface area contributed by atoms with Gasteiger partial charge in [-0.15, -0.1) is 0 Å². The van der Waals surface area contributed by atoms with E-state index in [2.05, 4.69) is 51.8 Å². The van der Waals surface area contributed by atoms with Gasteiger partial charge in [0.25, 0.3) is 0 Å². The van der Waals surface area contributed by atoms with Gasteiger partial charge >= 0.3 is 0 Å². The van der Waals surface area contributed by atoms with E-state index in [1.807, 2.05) is 36.4 Å². The summed E-state index contributed by atoms with van der Waals surface area (Å²) in [5.74, 6) is -0.604. The molecule has 0 atom stereocenters. The fourth-order valence-corrected chi connectivity index (χ4v) is 3.14. The lowest BCUT2D eigenvalue weighted by Crippen LogP contribution is -2.07. The molecule has 1 aromatic heterocycles. The van der Waals surface area contributed by atoms with Crippen molar-refractivity contribution >= 4 is 12.0 Å². The van der Waals surface area contributed by atoms with Gasteiger partial charge in [-0.05, 0) is 58.0 Å². The highest BCUT2D eigenvalue weighted by molar-refractivity contribution is 5.92. The molecule has 0 spiro atoms. The molecule has 134 valence electrons. The summed E-state index contributed by atoms with van der Waals surface area (Å²) in [4.78, 5) is 14.0. The minimum Gasteiger partial charge on any atom is -0.341 e. The molecule has 27 heavy (non-hydrogen) atoms. The lowest BCUT2D eigenvalue weighted by Gasteiger charge is -2.15. The molecule has 0 radical (unpaired) electrons. The van der Waals surface area contributed by atoms with Crippen LogP contribution in [0.3, 0.4) is 0 Å². The molecular weight excluding hydrogens is 336 g/mol. The number of carbonyl (C=O) groups excluding carboxylic acids is 1. The Morgan fingerprint density at radius 2 is 1.81 bits per heavy atom. The fourth-order valence-electron chi connectivity index (χ4n) is 3.14. The summed E-state index contributed by atoms with van der Waals surface area (Å²) >= 11 is 0. The fraction of sp³-hybridized carbons (Fsp3) is 0.136. The molecule has 5 nitrogen and oxygen atoms in total. The molecule has 1 heterocycles. The van der Waals surface area contributed by atoms with E-state index in [4.69, 9.17) is 5.53 Å². The third kappa shape index (κ3) is 4.35. The van der Waals surface area contributed by atoms with Gasteiger partial charge in [0.05, 0.1) is 0 Å². The lowest BCUT2D eigenvalue weighted by atomic mass is 9.99. The second kappa shape index (κ2) is 8.70. The molecule has 0 bridgehead atoms. The van der Waals surface area contributed by atoms with Crippen molar-refractivity contribution in [2.45, 2.75) is 19.9 Å². The predicted octanol–water partition coefficient (Wildman–Crippen LogP) is 5.62. The molecule has 0 fully saturated rings. The molecule has 2 aromatic carbocycles. The topological polar surface area (TPSA) is 70.8 Å². The van der Waals surface area contributed by atoms with Crippen molar-refractivity contribution in [3.05, 3.63) is 100 Å². The summed E-state index contributed by atoms with van der Waals surface area (Å²) in [6.45, 7) is 2.80. The van der Waals surface area contributed by atoms with Crippen LogP contribution < -0.4 is 0 Å². The molecule has 3 rings (SSSR count). The minimum absolute atomic E-state index is 0.604. The largest absolute Gasteiger partial charge is 0.341 e. The van der Waals surface area contributed by atoms with Gasteiger partial charge in [0, 0.05) is 22.8 Å². The van der Waals surface area contributed by atoms with Crippen molar-refractivity contribution in [3.63, 3.8) is 0 Å². The standard InChI is InChI=1S/C22H20N4O/c1-2-19-12-13-20(14-15-22(27)24-25-23)26(19)16-18-10-6-7-11-21(18)17-8-4-3-5-9-17/h3-15H,2,16H2,1H3/b15-14+. The van der Waals surface area contributed by atoms with E-state index in [-0.39, 0.29) is 0 Å². The first-order chi connectivity index (χ1) is 13.2. The third-order valence-electron chi connectivity index (χ3n) is 4.44.